The number of rotatable bonds is 1. The maximum Gasteiger partial charge on any atom is 0.426 e. The average Bonchev–Trinajstić information content (AvgIpc) is 2.91. The van der Waals surface area contributed by atoms with E-state index in [1.165, 1.54) is 29.8 Å². The van der Waals surface area contributed by atoms with E-state index in [1.807, 2.05) is 0 Å². The first-order valence-electron chi connectivity index (χ1n) is 5.32. The normalized spacial score (nSPS) is 12.2. The standard InChI is InChI=1S/C12H7F3N2OS/c13-12(14,15)11-6(3-4-19-11)7-5-16-8-1-2-9(18)17-10(7)8/h1-5,16H,(H,17,18). The number of aromatic amines is 2. The molecule has 0 saturated heterocycles. The Morgan fingerprint density at radius 3 is 2.63 bits per heavy atom. The highest BCUT2D eigenvalue weighted by Gasteiger charge is 2.35. The van der Waals surface area contributed by atoms with E-state index >= 15 is 0 Å². The molecule has 0 saturated carbocycles. The Kier molecular flexibility index (Phi) is 2.53. The van der Waals surface area contributed by atoms with Crippen LogP contribution in [0.4, 0.5) is 13.2 Å². The van der Waals surface area contributed by atoms with Gasteiger partial charge >= 0.3 is 6.18 Å². The third-order valence-corrected chi connectivity index (χ3v) is 3.73. The summed E-state index contributed by atoms with van der Waals surface area (Å²) in [7, 11) is 0. The highest BCUT2D eigenvalue weighted by molar-refractivity contribution is 7.10. The number of hydrogen-bond donors (Lipinski definition) is 2. The Bertz CT molecular complexity index is 797. The topological polar surface area (TPSA) is 48.6 Å². The summed E-state index contributed by atoms with van der Waals surface area (Å²) in [6, 6.07) is 4.26. The number of alkyl halides is 3. The Hall–Kier alpha value is -2.02. The van der Waals surface area contributed by atoms with Gasteiger partial charge in [0.05, 0.1) is 11.0 Å². The maximum absolute atomic E-state index is 12.9. The van der Waals surface area contributed by atoms with Crippen molar-refractivity contribution in [2.75, 3.05) is 0 Å². The van der Waals surface area contributed by atoms with Crippen LogP contribution in [0.1, 0.15) is 4.88 Å². The lowest BCUT2D eigenvalue weighted by atomic mass is 10.1. The molecule has 3 aromatic heterocycles. The van der Waals surface area contributed by atoms with E-state index in [4.69, 9.17) is 0 Å². The van der Waals surface area contributed by atoms with Gasteiger partial charge < -0.3 is 9.97 Å². The number of pyridine rings is 1. The van der Waals surface area contributed by atoms with Crippen molar-refractivity contribution >= 4 is 22.4 Å². The average molecular weight is 284 g/mol. The molecule has 0 spiro atoms. The van der Waals surface area contributed by atoms with Crippen LogP contribution in [0.5, 0.6) is 0 Å². The lowest BCUT2D eigenvalue weighted by molar-refractivity contribution is -0.133. The highest BCUT2D eigenvalue weighted by Crippen LogP contribution is 2.42. The fourth-order valence-corrected chi connectivity index (χ4v) is 2.76. The van der Waals surface area contributed by atoms with Gasteiger partial charge in [0.1, 0.15) is 4.88 Å². The van der Waals surface area contributed by atoms with Crippen LogP contribution in [0.15, 0.2) is 34.6 Å². The third kappa shape index (κ3) is 1.95. The van der Waals surface area contributed by atoms with E-state index in [2.05, 4.69) is 9.97 Å². The molecule has 19 heavy (non-hydrogen) atoms. The molecule has 3 aromatic rings. The zero-order chi connectivity index (χ0) is 13.6. The van der Waals surface area contributed by atoms with E-state index in [-0.39, 0.29) is 11.1 Å². The van der Waals surface area contributed by atoms with Gasteiger partial charge in [-0.25, -0.2) is 0 Å². The van der Waals surface area contributed by atoms with E-state index in [9.17, 15) is 18.0 Å². The molecule has 0 radical (unpaired) electrons. The minimum atomic E-state index is -4.40. The van der Waals surface area contributed by atoms with Gasteiger partial charge in [0, 0.05) is 23.4 Å². The largest absolute Gasteiger partial charge is 0.426 e. The van der Waals surface area contributed by atoms with Gasteiger partial charge in [0.2, 0.25) is 5.56 Å². The predicted molar refractivity (Wildman–Crippen MR) is 67.2 cm³/mol. The van der Waals surface area contributed by atoms with Gasteiger partial charge in [0.15, 0.2) is 0 Å². The second-order valence-electron chi connectivity index (χ2n) is 3.97. The summed E-state index contributed by atoms with van der Waals surface area (Å²) in [6.07, 6.45) is -2.93. The monoisotopic (exact) mass is 284 g/mol. The van der Waals surface area contributed by atoms with Crippen LogP contribution in [0.3, 0.4) is 0 Å². The van der Waals surface area contributed by atoms with Crippen molar-refractivity contribution in [2.45, 2.75) is 6.18 Å². The molecule has 0 unspecified atom stereocenters. The summed E-state index contributed by atoms with van der Waals surface area (Å²) < 4.78 is 38.6. The van der Waals surface area contributed by atoms with Crippen molar-refractivity contribution in [1.29, 1.82) is 0 Å². The van der Waals surface area contributed by atoms with Crippen molar-refractivity contribution in [3.63, 3.8) is 0 Å². The molecular formula is C12H7F3N2OS. The predicted octanol–water partition coefficient (Wildman–Crippen LogP) is 3.60. The molecule has 3 nitrogen and oxygen atoms in total. The quantitative estimate of drug-likeness (QED) is 0.704. The number of H-pyrrole nitrogens is 2. The maximum atomic E-state index is 12.9. The van der Waals surface area contributed by atoms with Crippen molar-refractivity contribution in [3.05, 3.63) is 45.0 Å². The van der Waals surface area contributed by atoms with E-state index < -0.39 is 11.1 Å². The first-order valence-corrected chi connectivity index (χ1v) is 6.20. The van der Waals surface area contributed by atoms with Crippen LogP contribution >= 0.6 is 11.3 Å². The van der Waals surface area contributed by atoms with Gasteiger partial charge in [-0.3, -0.25) is 4.79 Å². The Morgan fingerprint density at radius 1 is 1.11 bits per heavy atom. The van der Waals surface area contributed by atoms with Crippen molar-refractivity contribution in [1.82, 2.24) is 9.97 Å². The summed E-state index contributed by atoms with van der Waals surface area (Å²) in [5.74, 6) is 0. The Morgan fingerprint density at radius 2 is 1.89 bits per heavy atom. The SMILES string of the molecule is O=c1ccc2[nH]cc(-c3ccsc3C(F)(F)F)c2[nH]1. The highest BCUT2D eigenvalue weighted by atomic mass is 32.1. The van der Waals surface area contributed by atoms with Crippen LogP contribution in [0, 0.1) is 0 Å². The number of nitrogens with one attached hydrogen (secondary N) is 2. The lowest BCUT2D eigenvalue weighted by Gasteiger charge is -2.06. The van der Waals surface area contributed by atoms with Gasteiger partial charge in [0.25, 0.3) is 0 Å². The second-order valence-corrected chi connectivity index (χ2v) is 4.89. The van der Waals surface area contributed by atoms with E-state index in [1.54, 1.807) is 0 Å². The fraction of sp³-hybridized carbons (Fsp3) is 0.0833. The second kappa shape index (κ2) is 3.99. The molecule has 0 amide bonds. The summed E-state index contributed by atoms with van der Waals surface area (Å²) in [4.78, 5) is 16.0. The molecule has 7 heteroatoms. The van der Waals surface area contributed by atoms with Crippen molar-refractivity contribution < 1.29 is 13.2 Å². The van der Waals surface area contributed by atoms with E-state index in [0.717, 1.165) is 0 Å². The molecule has 3 rings (SSSR count). The molecule has 0 bridgehead atoms. The van der Waals surface area contributed by atoms with Gasteiger partial charge in [-0.1, -0.05) is 0 Å². The number of halogens is 3. The molecular weight excluding hydrogens is 277 g/mol. The fourth-order valence-electron chi connectivity index (χ4n) is 1.98. The van der Waals surface area contributed by atoms with Crippen LogP contribution < -0.4 is 5.56 Å². The molecule has 2 N–H and O–H groups in total. The molecule has 0 fully saturated rings. The lowest BCUT2D eigenvalue weighted by Crippen LogP contribution is -2.04. The first kappa shape index (κ1) is 12.0. The van der Waals surface area contributed by atoms with Crippen LogP contribution in [0.2, 0.25) is 0 Å². The zero-order valence-corrected chi connectivity index (χ0v) is 10.2. The smallest absolute Gasteiger partial charge is 0.359 e. The van der Waals surface area contributed by atoms with Crippen LogP contribution in [0.25, 0.3) is 22.2 Å². The summed E-state index contributed by atoms with van der Waals surface area (Å²) >= 11 is 0.637. The Balaban J connectivity index is 2.29. The first-order chi connectivity index (χ1) is 8.97. The van der Waals surface area contributed by atoms with Crippen LogP contribution in [-0.2, 0) is 6.18 Å². The van der Waals surface area contributed by atoms with Crippen molar-refractivity contribution in [3.8, 4) is 11.1 Å². The van der Waals surface area contributed by atoms with Gasteiger partial charge in [-0.05, 0) is 17.5 Å². The van der Waals surface area contributed by atoms with Gasteiger partial charge in [-0.15, -0.1) is 11.3 Å². The Labute approximate surface area is 108 Å². The van der Waals surface area contributed by atoms with E-state index in [0.29, 0.717) is 27.9 Å². The number of hydrogen-bond acceptors (Lipinski definition) is 2. The number of aromatic nitrogens is 2. The van der Waals surface area contributed by atoms with Crippen LogP contribution in [-0.4, -0.2) is 9.97 Å². The summed E-state index contributed by atoms with van der Waals surface area (Å²) in [5.41, 5.74) is 1.05. The molecule has 0 aliphatic rings. The molecule has 0 aromatic carbocycles. The molecule has 0 aliphatic carbocycles. The summed E-state index contributed by atoms with van der Waals surface area (Å²) in [5, 5.41) is 1.39. The minimum absolute atomic E-state index is 0.0746. The zero-order valence-electron chi connectivity index (χ0n) is 9.34. The summed E-state index contributed by atoms with van der Waals surface area (Å²) in [6.45, 7) is 0. The third-order valence-electron chi connectivity index (χ3n) is 2.77. The molecule has 3 heterocycles. The number of fused-ring (bicyclic) bond motifs is 1. The van der Waals surface area contributed by atoms with Crippen molar-refractivity contribution in [2.24, 2.45) is 0 Å². The number of thiophene rings is 1. The minimum Gasteiger partial charge on any atom is -0.359 e. The molecule has 98 valence electrons. The van der Waals surface area contributed by atoms with Gasteiger partial charge in [-0.2, -0.15) is 13.2 Å². The molecule has 0 aliphatic heterocycles. The molecule has 0 atom stereocenters.